The molecule has 0 radical (unpaired) electrons. The molecule has 0 aliphatic heterocycles. The van der Waals surface area contributed by atoms with Gasteiger partial charge in [-0.3, -0.25) is 4.79 Å². The van der Waals surface area contributed by atoms with Crippen LogP contribution in [0.25, 0.3) is 0 Å². The number of hydrogen-bond donors (Lipinski definition) is 2. The van der Waals surface area contributed by atoms with Crippen LogP contribution in [0.2, 0.25) is 0 Å². The van der Waals surface area contributed by atoms with Crippen molar-refractivity contribution in [2.45, 2.75) is 33.2 Å². The van der Waals surface area contributed by atoms with Crippen LogP contribution < -0.4 is 10.1 Å². The van der Waals surface area contributed by atoms with Gasteiger partial charge in [0.15, 0.2) is 6.61 Å². The lowest BCUT2D eigenvalue weighted by Gasteiger charge is -2.14. The lowest BCUT2D eigenvalue weighted by atomic mass is 10.1. The summed E-state index contributed by atoms with van der Waals surface area (Å²) in [4.78, 5) is 11.5. The first-order valence-electron chi connectivity index (χ1n) is 6.17. The summed E-state index contributed by atoms with van der Waals surface area (Å²) in [5.41, 5.74) is 2.33. The Morgan fingerprint density at radius 1 is 1.39 bits per heavy atom. The molecular formula is C14H21NO3. The zero-order valence-electron chi connectivity index (χ0n) is 11.2. The molecule has 0 spiro atoms. The number of benzene rings is 1. The number of nitrogens with one attached hydrogen (secondary N) is 1. The van der Waals surface area contributed by atoms with E-state index < -0.39 is 0 Å². The summed E-state index contributed by atoms with van der Waals surface area (Å²) in [5.74, 6) is 0.472. The summed E-state index contributed by atoms with van der Waals surface area (Å²) >= 11 is 0. The van der Waals surface area contributed by atoms with Gasteiger partial charge in [0, 0.05) is 0 Å². The first-order valence-corrected chi connectivity index (χ1v) is 6.17. The molecule has 0 aliphatic carbocycles. The minimum absolute atomic E-state index is 0.0288. The van der Waals surface area contributed by atoms with Crippen LogP contribution in [0.5, 0.6) is 5.75 Å². The maximum atomic E-state index is 11.5. The van der Waals surface area contributed by atoms with E-state index in [9.17, 15) is 4.79 Å². The summed E-state index contributed by atoms with van der Waals surface area (Å²) in [7, 11) is 0. The number of carbonyl (C=O) groups is 1. The summed E-state index contributed by atoms with van der Waals surface area (Å²) in [6.45, 7) is 5.86. The fourth-order valence-corrected chi connectivity index (χ4v) is 1.50. The molecule has 0 saturated carbocycles. The molecule has 0 aromatic heterocycles. The highest BCUT2D eigenvalue weighted by Gasteiger charge is 2.09. The van der Waals surface area contributed by atoms with Gasteiger partial charge in [-0.2, -0.15) is 0 Å². The Bertz CT molecular complexity index is 400. The van der Waals surface area contributed by atoms with Crippen LogP contribution in [-0.2, 0) is 4.79 Å². The number of amides is 1. The monoisotopic (exact) mass is 251 g/mol. The molecular weight excluding hydrogens is 230 g/mol. The van der Waals surface area contributed by atoms with Crippen LogP contribution in [0.15, 0.2) is 18.2 Å². The Balaban J connectivity index is 2.44. The average Bonchev–Trinajstić information content (AvgIpc) is 2.37. The van der Waals surface area contributed by atoms with Gasteiger partial charge in [0.05, 0.1) is 12.6 Å². The van der Waals surface area contributed by atoms with Crippen molar-refractivity contribution in [2.75, 3.05) is 13.2 Å². The number of ether oxygens (including phenoxy) is 1. The van der Waals surface area contributed by atoms with E-state index in [4.69, 9.17) is 9.84 Å². The van der Waals surface area contributed by atoms with E-state index in [1.807, 2.05) is 39.0 Å². The lowest BCUT2D eigenvalue weighted by Crippen LogP contribution is -2.39. The molecule has 1 atom stereocenters. The Morgan fingerprint density at radius 2 is 2.11 bits per heavy atom. The number of rotatable bonds is 6. The highest BCUT2D eigenvalue weighted by Crippen LogP contribution is 2.16. The second kappa shape index (κ2) is 7.01. The number of aliphatic hydroxyl groups is 1. The van der Waals surface area contributed by atoms with Gasteiger partial charge in [-0.15, -0.1) is 0 Å². The molecule has 0 aliphatic rings. The van der Waals surface area contributed by atoms with Crippen molar-refractivity contribution in [3.05, 3.63) is 29.3 Å². The van der Waals surface area contributed by atoms with Crippen LogP contribution in [-0.4, -0.2) is 30.3 Å². The molecule has 4 nitrogen and oxygen atoms in total. The van der Waals surface area contributed by atoms with Crippen molar-refractivity contribution in [3.8, 4) is 5.75 Å². The molecule has 2 N–H and O–H groups in total. The van der Waals surface area contributed by atoms with Crippen molar-refractivity contribution in [1.82, 2.24) is 5.32 Å². The van der Waals surface area contributed by atoms with Gasteiger partial charge in [-0.1, -0.05) is 13.0 Å². The van der Waals surface area contributed by atoms with E-state index in [0.29, 0.717) is 12.2 Å². The molecule has 4 heteroatoms. The second-order valence-corrected chi connectivity index (χ2v) is 4.39. The van der Waals surface area contributed by atoms with E-state index in [1.54, 1.807) is 0 Å². The first kappa shape index (κ1) is 14.5. The van der Waals surface area contributed by atoms with E-state index in [0.717, 1.165) is 5.56 Å². The number of aryl methyl sites for hydroxylation is 2. The average molecular weight is 251 g/mol. The molecule has 1 amide bonds. The summed E-state index contributed by atoms with van der Waals surface area (Å²) < 4.78 is 5.40. The molecule has 100 valence electrons. The van der Waals surface area contributed by atoms with Crippen molar-refractivity contribution in [3.63, 3.8) is 0 Å². The molecule has 0 fully saturated rings. The molecule has 0 bridgehead atoms. The predicted molar refractivity (Wildman–Crippen MR) is 70.7 cm³/mol. The van der Waals surface area contributed by atoms with Gasteiger partial charge in [0.1, 0.15) is 5.75 Å². The smallest absolute Gasteiger partial charge is 0.258 e. The van der Waals surface area contributed by atoms with Crippen LogP contribution in [0, 0.1) is 13.8 Å². The standard InChI is InChI=1S/C14H21NO3/c1-4-12(8-16)15-14(17)9-18-13-6-5-10(2)11(3)7-13/h5-7,12,16H,4,8-9H2,1-3H3,(H,15,17)/t12-/m0/s1. The maximum absolute atomic E-state index is 11.5. The van der Waals surface area contributed by atoms with Crippen LogP contribution in [0.3, 0.4) is 0 Å². The molecule has 0 saturated heterocycles. The quantitative estimate of drug-likeness (QED) is 0.807. The normalized spacial score (nSPS) is 12.0. The fourth-order valence-electron chi connectivity index (χ4n) is 1.50. The molecule has 1 aromatic carbocycles. The third kappa shape index (κ3) is 4.37. The Morgan fingerprint density at radius 3 is 2.67 bits per heavy atom. The summed E-state index contributed by atoms with van der Waals surface area (Å²) in [6, 6.07) is 5.52. The van der Waals surface area contributed by atoms with Crippen LogP contribution in [0.4, 0.5) is 0 Å². The third-order valence-electron chi connectivity index (χ3n) is 2.93. The Labute approximate surface area is 108 Å². The van der Waals surface area contributed by atoms with Gasteiger partial charge in [0.2, 0.25) is 0 Å². The predicted octanol–water partition coefficient (Wildman–Crippen LogP) is 1.57. The van der Waals surface area contributed by atoms with E-state index in [-0.39, 0.29) is 25.2 Å². The second-order valence-electron chi connectivity index (χ2n) is 4.39. The topological polar surface area (TPSA) is 58.6 Å². The van der Waals surface area contributed by atoms with Gasteiger partial charge in [-0.25, -0.2) is 0 Å². The SMILES string of the molecule is CC[C@@H](CO)NC(=O)COc1ccc(C)c(C)c1. The van der Waals surface area contributed by atoms with Crippen molar-refractivity contribution in [1.29, 1.82) is 0 Å². The maximum Gasteiger partial charge on any atom is 0.258 e. The van der Waals surface area contributed by atoms with Gasteiger partial charge < -0.3 is 15.2 Å². The highest BCUT2D eigenvalue weighted by atomic mass is 16.5. The van der Waals surface area contributed by atoms with E-state index in [2.05, 4.69) is 5.32 Å². The minimum Gasteiger partial charge on any atom is -0.484 e. The van der Waals surface area contributed by atoms with Crippen molar-refractivity contribution < 1.29 is 14.6 Å². The summed E-state index contributed by atoms with van der Waals surface area (Å²) in [6.07, 6.45) is 0.700. The van der Waals surface area contributed by atoms with Gasteiger partial charge in [0.25, 0.3) is 5.91 Å². The first-order chi connectivity index (χ1) is 8.56. The van der Waals surface area contributed by atoms with E-state index >= 15 is 0 Å². The number of carbonyl (C=O) groups excluding carboxylic acids is 1. The molecule has 0 unspecified atom stereocenters. The summed E-state index contributed by atoms with van der Waals surface area (Å²) in [5, 5.41) is 11.7. The van der Waals surface area contributed by atoms with Gasteiger partial charge in [-0.05, 0) is 43.5 Å². The number of hydrogen-bond acceptors (Lipinski definition) is 3. The zero-order chi connectivity index (χ0) is 13.5. The molecule has 1 aromatic rings. The zero-order valence-corrected chi connectivity index (χ0v) is 11.2. The molecule has 0 heterocycles. The largest absolute Gasteiger partial charge is 0.484 e. The Kier molecular flexibility index (Phi) is 5.65. The fraction of sp³-hybridized carbons (Fsp3) is 0.500. The third-order valence-corrected chi connectivity index (χ3v) is 2.93. The Hall–Kier alpha value is -1.55. The van der Waals surface area contributed by atoms with Crippen LogP contribution >= 0.6 is 0 Å². The lowest BCUT2D eigenvalue weighted by molar-refractivity contribution is -0.124. The molecule has 18 heavy (non-hydrogen) atoms. The van der Waals surface area contributed by atoms with Crippen molar-refractivity contribution in [2.24, 2.45) is 0 Å². The number of aliphatic hydroxyl groups excluding tert-OH is 1. The van der Waals surface area contributed by atoms with Gasteiger partial charge >= 0.3 is 0 Å². The van der Waals surface area contributed by atoms with Crippen LogP contribution in [0.1, 0.15) is 24.5 Å². The minimum atomic E-state index is -0.214. The molecule has 1 rings (SSSR count). The highest BCUT2D eigenvalue weighted by molar-refractivity contribution is 5.77. The van der Waals surface area contributed by atoms with Crippen molar-refractivity contribution >= 4 is 5.91 Å². The van der Waals surface area contributed by atoms with E-state index in [1.165, 1.54) is 5.56 Å².